The van der Waals surface area contributed by atoms with Crippen molar-refractivity contribution < 1.29 is 13.2 Å². The van der Waals surface area contributed by atoms with Crippen LogP contribution in [0.1, 0.15) is 19.8 Å². The summed E-state index contributed by atoms with van der Waals surface area (Å²) in [5.74, 6) is 0.942. The summed E-state index contributed by atoms with van der Waals surface area (Å²) < 4.78 is 27.9. The van der Waals surface area contributed by atoms with Crippen molar-refractivity contribution in [3.8, 4) is 0 Å². The molecule has 5 heteroatoms. The molecule has 0 radical (unpaired) electrons. The third-order valence-electron chi connectivity index (χ3n) is 2.85. The standard InChI is InChI=1S/C9H17ClO3S/c1-2-14(11,12)6-4-9(7-10)3-5-13-8-9/h2-8H2,1H3. The minimum absolute atomic E-state index is 0.0935. The van der Waals surface area contributed by atoms with E-state index in [1.54, 1.807) is 6.92 Å². The Labute approximate surface area is 90.7 Å². The highest BCUT2D eigenvalue weighted by atomic mass is 35.5. The van der Waals surface area contributed by atoms with Crippen LogP contribution in [-0.4, -0.2) is 39.0 Å². The lowest BCUT2D eigenvalue weighted by molar-refractivity contribution is 0.159. The molecule has 1 aliphatic rings. The van der Waals surface area contributed by atoms with Gasteiger partial charge in [-0.25, -0.2) is 8.42 Å². The molecular formula is C9H17ClO3S. The van der Waals surface area contributed by atoms with Gasteiger partial charge in [-0.2, -0.15) is 0 Å². The van der Waals surface area contributed by atoms with Crippen molar-refractivity contribution in [1.29, 1.82) is 0 Å². The molecule has 1 fully saturated rings. The number of alkyl halides is 1. The summed E-state index contributed by atoms with van der Waals surface area (Å²) in [7, 11) is -2.87. The summed E-state index contributed by atoms with van der Waals surface area (Å²) >= 11 is 5.86. The Hall–Kier alpha value is 0.200. The minimum Gasteiger partial charge on any atom is -0.381 e. The van der Waals surface area contributed by atoms with Crippen molar-refractivity contribution >= 4 is 21.4 Å². The average Bonchev–Trinajstić information content (AvgIpc) is 2.65. The van der Waals surface area contributed by atoms with Gasteiger partial charge in [0.2, 0.25) is 0 Å². The molecule has 14 heavy (non-hydrogen) atoms. The molecule has 1 rings (SSSR count). The van der Waals surface area contributed by atoms with Gasteiger partial charge in [-0.3, -0.25) is 0 Å². The first-order chi connectivity index (χ1) is 6.54. The Morgan fingerprint density at radius 1 is 1.50 bits per heavy atom. The summed E-state index contributed by atoms with van der Waals surface area (Å²) in [6, 6.07) is 0. The molecule has 0 spiro atoms. The van der Waals surface area contributed by atoms with E-state index >= 15 is 0 Å². The van der Waals surface area contributed by atoms with Gasteiger partial charge in [-0.1, -0.05) is 6.92 Å². The molecule has 0 bridgehead atoms. The highest BCUT2D eigenvalue weighted by Crippen LogP contribution is 2.34. The maximum atomic E-state index is 11.3. The van der Waals surface area contributed by atoms with E-state index < -0.39 is 9.84 Å². The molecule has 1 aliphatic heterocycles. The molecule has 0 saturated carbocycles. The Bertz CT molecular complexity index is 268. The van der Waals surface area contributed by atoms with Gasteiger partial charge in [-0.15, -0.1) is 11.6 Å². The SMILES string of the molecule is CCS(=O)(=O)CCC1(CCl)CCOC1. The molecule has 1 atom stereocenters. The first kappa shape index (κ1) is 12.3. The molecule has 1 saturated heterocycles. The topological polar surface area (TPSA) is 43.4 Å². The lowest BCUT2D eigenvalue weighted by Crippen LogP contribution is -2.27. The van der Waals surface area contributed by atoms with Crippen LogP contribution in [0.15, 0.2) is 0 Å². The largest absolute Gasteiger partial charge is 0.381 e. The van der Waals surface area contributed by atoms with Crippen LogP contribution in [0, 0.1) is 5.41 Å². The van der Waals surface area contributed by atoms with Gasteiger partial charge < -0.3 is 4.74 Å². The second-order valence-electron chi connectivity index (χ2n) is 3.92. The van der Waals surface area contributed by atoms with E-state index in [0.717, 1.165) is 6.42 Å². The number of rotatable bonds is 5. The molecule has 0 aromatic carbocycles. The van der Waals surface area contributed by atoms with Gasteiger partial charge in [0.05, 0.1) is 12.4 Å². The Morgan fingerprint density at radius 3 is 2.64 bits per heavy atom. The number of sulfone groups is 1. The first-order valence-corrected chi connectivity index (χ1v) is 7.23. The molecule has 0 aliphatic carbocycles. The predicted molar refractivity (Wildman–Crippen MR) is 57.5 cm³/mol. The van der Waals surface area contributed by atoms with Gasteiger partial charge in [0.25, 0.3) is 0 Å². The molecule has 1 heterocycles. The van der Waals surface area contributed by atoms with Gasteiger partial charge in [0.15, 0.2) is 0 Å². The fourth-order valence-electron chi connectivity index (χ4n) is 1.54. The number of ether oxygens (including phenoxy) is 1. The van der Waals surface area contributed by atoms with Crippen LogP contribution in [0.25, 0.3) is 0 Å². The van der Waals surface area contributed by atoms with Crippen LogP contribution in [0.3, 0.4) is 0 Å². The van der Waals surface area contributed by atoms with Gasteiger partial charge in [0.1, 0.15) is 9.84 Å². The predicted octanol–water partition coefficient (Wildman–Crippen LogP) is 1.46. The average molecular weight is 241 g/mol. The Balaban J connectivity index is 2.50. The molecule has 0 amide bonds. The van der Waals surface area contributed by atoms with Crippen molar-refractivity contribution in [2.24, 2.45) is 5.41 Å². The summed E-state index contributed by atoms with van der Waals surface area (Å²) in [5, 5.41) is 0. The van der Waals surface area contributed by atoms with Crippen molar-refractivity contribution in [1.82, 2.24) is 0 Å². The third kappa shape index (κ3) is 3.11. The zero-order valence-electron chi connectivity index (χ0n) is 8.46. The van der Waals surface area contributed by atoms with Crippen LogP contribution < -0.4 is 0 Å². The molecular weight excluding hydrogens is 224 g/mol. The molecule has 0 aromatic rings. The first-order valence-electron chi connectivity index (χ1n) is 4.88. The maximum Gasteiger partial charge on any atom is 0.150 e. The highest BCUT2D eigenvalue weighted by Gasteiger charge is 2.34. The van der Waals surface area contributed by atoms with Crippen LogP contribution in [0.4, 0.5) is 0 Å². The summed E-state index contributed by atoms with van der Waals surface area (Å²) in [4.78, 5) is 0. The van der Waals surface area contributed by atoms with E-state index in [4.69, 9.17) is 16.3 Å². The van der Waals surface area contributed by atoms with E-state index in [2.05, 4.69) is 0 Å². The zero-order valence-corrected chi connectivity index (χ0v) is 10.0. The van der Waals surface area contributed by atoms with Gasteiger partial charge in [-0.05, 0) is 12.8 Å². The Kier molecular flexibility index (Phi) is 4.22. The van der Waals surface area contributed by atoms with E-state index in [9.17, 15) is 8.42 Å². The van der Waals surface area contributed by atoms with Crippen LogP contribution in [0.5, 0.6) is 0 Å². The molecule has 0 aromatic heterocycles. The van der Waals surface area contributed by atoms with Crippen molar-refractivity contribution in [2.75, 3.05) is 30.6 Å². The van der Waals surface area contributed by atoms with Crippen molar-refractivity contribution in [3.05, 3.63) is 0 Å². The summed E-state index contributed by atoms with van der Waals surface area (Å²) in [6.45, 7) is 2.99. The highest BCUT2D eigenvalue weighted by molar-refractivity contribution is 7.91. The van der Waals surface area contributed by atoms with Gasteiger partial charge >= 0.3 is 0 Å². The molecule has 1 unspecified atom stereocenters. The van der Waals surface area contributed by atoms with Crippen LogP contribution in [0.2, 0.25) is 0 Å². The van der Waals surface area contributed by atoms with Crippen molar-refractivity contribution in [3.63, 3.8) is 0 Å². The lowest BCUT2D eigenvalue weighted by Gasteiger charge is -2.23. The zero-order chi connectivity index (χ0) is 10.7. The normalized spacial score (nSPS) is 28.1. The smallest absolute Gasteiger partial charge is 0.150 e. The van der Waals surface area contributed by atoms with Crippen LogP contribution >= 0.6 is 11.6 Å². The number of hydrogen-bond donors (Lipinski definition) is 0. The second kappa shape index (κ2) is 4.81. The summed E-state index contributed by atoms with van der Waals surface area (Å²) in [5.41, 5.74) is -0.0935. The molecule has 84 valence electrons. The second-order valence-corrected chi connectivity index (χ2v) is 6.66. The van der Waals surface area contributed by atoms with E-state index in [1.807, 2.05) is 0 Å². The van der Waals surface area contributed by atoms with E-state index in [1.165, 1.54) is 0 Å². The maximum absolute atomic E-state index is 11.3. The molecule has 3 nitrogen and oxygen atoms in total. The monoisotopic (exact) mass is 240 g/mol. The van der Waals surface area contributed by atoms with Crippen molar-refractivity contribution in [2.45, 2.75) is 19.8 Å². The molecule has 0 N–H and O–H groups in total. The third-order valence-corrected chi connectivity index (χ3v) is 5.12. The fourth-order valence-corrected chi connectivity index (χ4v) is 2.91. The Morgan fingerprint density at radius 2 is 2.21 bits per heavy atom. The fraction of sp³-hybridized carbons (Fsp3) is 1.00. The van der Waals surface area contributed by atoms with E-state index in [-0.39, 0.29) is 16.9 Å². The van der Waals surface area contributed by atoms with Crippen LogP contribution in [-0.2, 0) is 14.6 Å². The quantitative estimate of drug-likeness (QED) is 0.684. The van der Waals surface area contributed by atoms with E-state index in [0.29, 0.717) is 25.5 Å². The summed E-state index contributed by atoms with van der Waals surface area (Å²) in [6.07, 6.45) is 1.52. The van der Waals surface area contributed by atoms with Gasteiger partial charge in [0, 0.05) is 23.7 Å². The lowest BCUT2D eigenvalue weighted by atomic mass is 9.87. The number of halogens is 1. The minimum atomic E-state index is -2.87. The number of hydrogen-bond acceptors (Lipinski definition) is 3.